The lowest BCUT2D eigenvalue weighted by Crippen LogP contribution is -2.17. The van der Waals surface area contributed by atoms with Gasteiger partial charge in [-0.1, -0.05) is 23.8 Å². The van der Waals surface area contributed by atoms with Crippen LogP contribution in [0.2, 0.25) is 0 Å². The molecule has 0 radical (unpaired) electrons. The highest BCUT2D eigenvalue weighted by Gasteiger charge is 2.27. The normalized spacial score (nSPS) is 12.3. The molecule has 0 saturated heterocycles. The molecule has 0 fully saturated rings. The molecule has 3 aromatic rings. The Balaban J connectivity index is 1.49. The Bertz CT molecular complexity index is 1120. The Kier molecular flexibility index (Phi) is 6.51. The van der Waals surface area contributed by atoms with E-state index in [0.717, 1.165) is 36.2 Å². The molecule has 0 aliphatic heterocycles. The van der Waals surface area contributed by atoms with Gasteiger partial charge in [0, 0.05) is 29.7 Å². The van der Waals surface area contributed by atoms with Crippen LogP contribution in [0.1, 0.15) is 33.7 Å². The van der Waals surface area contributed by atoms with Gasteiger partial charge < -0.3 is 14.8 Å². The first-order valence-electron chi connectivity index (χ1n) is 10.6. The van der Waals surface area contributed by atoms with Gasteiger partial charge in [0.2, 0.25) is 0 Å². The van der Waals surface area contributed by atoms with Gasteiger partial charge in [0.1, 0.15) is 6.61 Å². The van der Waals surface area contributed by atoms with Crippen molar-refractivity contribution in [2.45, 2.75) is 26.2 Å². The largest absolute Gasteiger partial charge is 0.447 e. The Morgan fingerprint density at radius 1 is 1.03 bits per heavy atom. The van der Waals surface area contributed by atoms with Crippen molar-refractivity contribution in [3.8, 4) is 5.69 Å². The second-order valence-corrected chi connectivity index (χ2v) is 7.66. The number of rotatable bonds is 7. The first kappa shape index (κ1) is 21.6. The van der Waals surface area contributed by atoms with Crippen molar-refractivity contribution in [2.24, 2.45) is 0 Å². The molecule has 32 heavy (non-hydrogen) atoms. The molecule has 1 aromatic heterocycles. The summed E-state index contributed by atoms with van der Waals surface area (Å²) in [4.78, 5) is 24.9. The van der Waals surface area contributed by atoms with E-state index >= 15 is 0 Å². The number of fused-ring (bicyclic) bond motifs is 1. The van der Waals surface area contributed by atoms with Crippen LogP contribution < -0.4 is 10.6 Å². The summed E-state index contributed by atoms with van der Waals surface area (Å²) in [5, 5.41) is 10.2. The quantitative estimate of drug-likeness (QED) is 0.546. The van der Waals surface area contributed by atoms with Crippen LogP contribution in [-0.2, 0) is 22.3 Å². The second kappa shape index (κ2) is 9.65. The van der Waals surface area contributed by atoms with Crippen molar-refractivity contribution in [3.05, 3.63) is 71.0 Å². The molecule has 0 spiro atoms. The van der Waals surface area contributed by atoms with E-state index in [0.29, 0.717) is 23.7 Å². The molecule has 2 N–H and O–H groups in total. The molecule has 2 amide bonds. The van der Waals surface area contributed by atoms with E-state index in [9.17, 15) is 9.59 Å². The predicted octanol–water partition coefficient (Wildman–Crippen LogP) is 4.12. The van der Waals surface area contributed by atoms with Gasteiger partial charge in [-0.15, -0.1) is 0 Å². The van der Waals surface area contributed by atoms with Crippen LogP contribution in [-0.4, -0.2) is 42.1 Å². The molecule has 2 aromatic carbocycles. The third kappa shape index (κ3) is 4.81. The van der Waals surface area contributed by atoms with Gasteiger partial charge in [0.05, 0.1) is 12.3 Å². The molecular formula is C24H26N4O4. The van der Waals surface area contributed by atoms with E-state index in [-0.39, 0.29) is 12.5 Å². The number of hydrogen-bond acceptors (Lipinski definition) is 5. The average Bonchev–Trinajstić information content (AvgIpc) is 3.38. The molecule has 0 unspecified atom stereocenters. The maximum atomic E-state index is 13.1. The molecular weight excluding hydrogens is 408 g/mol. The highest BCUT2D eigenvalue weighted by molar-refractivity contribution is 6.04. The summed E-state index contributed by atoms with van der Waals surface area (Å²) >= 11 is 0. The number of ether oxygens (including phenoxy) is 2. The van der Waals surface area contributed by atoms with Crippen molar-refractivity contribution in [2.75, 3.05) is 31.0 Å². The topological polar surface area (TPSA) is 94.5 Å². The van der Waals surface area contributed by atoms with Gasteiger partial charge in [-0.05, 0) is 56.5 Å². The number of benzene rings is 2. The second-order valence-electron chi connectivity index (χ2n) is 7.66. The van der Waals surface area contributed by atoms with E-state index in [2.05, 4.69) is 15.7 Å². The van der Waals surface area contributed by atoms with Crippen LogP contribution in [0.25, 0.3) is 5.69 Å². The number of aromatic nitrogens is 2. The van der Waals surface area contributed by atoms with E-state index in [1.165, 1.54) is 12.7 Å². The van der Waals surface area contributed by atoms with Crippen LogP contribution in [0.15, 0.2) is 48.5 Å². The standard InChI is InChI=1S/C24H26N4O4/c1-16-9-11-19(12-10-16)28-21-8-4-7-20(21)22(27-28)23(29)25-17-5-3-6-18(15-17)26-24(30)32-14-13-31-2/h3,5-6,9-12,15H,4,7-8,13-14H2,1-2H3,(H,25,29)(H,26,30). The number of amides is 2. The SMILES string of the molecule is COCCOC(=O)Nc1cccc(NC(=O)c2nn(-c3ccc(C)cc3)c3c2CCC3)c1. The number of carbonyl (C=O) groups excluding carboxylic acids is 2. The van der Waals surface area contributed by atoms with Gasteiger partial charge in [0.15, 0.2) is 5.69 Å². The van der Waals surface area contributed by atoms with Crippen molar-refractivity contribution in [3.63, 3.8) is 0 Å². The molecule has 1 heterocycles. The molecule has 4 rings (SSSR count). The van der Waals surface area contributed by atoms with Gasteiger partial charge in [0.25, 0.3) is 5.91 Å². The van der Waals surface area contributed by atoms with Crippen LogP contribution in [0.3, 0.4) is 0 Å². The maximum Gasteiger partial charge on any atom is 0.411 e. The molecule has 0 atom stereocenters. The van der Waals surface area contributed by atoms with Crippen LogP contribution >= 0.6 is 0 Å². The molecule has 1 aliphatic carbocycles. The van der Waals surface area contributed by atoms with Crippen molar-refractivity contribution < 1.29 is 19.1 Å². The highest BCUT2D eigenvalue weighted by atomic mass is 16.6. The van der Waals surface area contributed by atoms with E-state index in [4.69, 9.17) is 9.47 Å². The number of nitrogens with one attached hydrogen (secondary N) is 2. The molecule has 0 saturated carbocycles. The summed E-state index contributed by atoms with van der Waals surface area (Å²) in [7, 11) is 1.53. The third-order valence-electron chi connectivity index (χ3n) is 5.31. The van der Waals surface area contributed by atoms with Gasteiger partial charge >= 0.3 is 6.09 Å². The fraction of sp³-hybridized carbons (Fsp3) is 0.292. The first-order chi connectivity index (χ1) is 15.5. The predicted molar refractivity (Wildman–Crippen MR) is 122 cm³/mol. The van der Waals surface area contributed by atoms with Gasteiger partial charge in [-0.3, -0.25) is 10.1 Å². The lowest BCUT2D eigenvalue weighted by Gasteiger charge is -2.09. The minimum Gasteiger partial charge on any atom is -0.447 e. The van der Waals surface area contributed by atoms with Crippen LogP contribution in [0.5, 0.6) is 0 Å². The summed E-state index contributed by atoms with van der Waals surface area (Å²) < 4.78 is 11.7. The summed E-state index contributed by atoms with van der Waals surface area (Å²) in [6.07, 6.45) is 2.15. The van der Waals surface area contributed by atoms with E-state index < -0.39 is 6.09 Å². The smallest absolute Gasteiger partial charge is 0.411 e. The van der Waals surface area contributed by atoms with E-state index in [1.54, 1.807) is 24.3 Å². The zero-order chi connectivity index (χ0) is 22.5. The van der Waals surface area contributed by atoms with Crippen molar-refractivity contribution in [1.82, 2.24) is 9.78 Å². The number of anilines is 2. The summed E-state index contributed by atoms with van der Waals surface area (Å²) in [5.41, 5.74) is 5.72. The molecule has 8 heteroatoms. The number of methoxy groups -OCH3 is 1. The lowest BCUT2D eigenvalue weighted by atomic mass is 10.2. The Morgan fingerprint density at radius 2 is 1.78 bits per heavy atom. The summed E-state index contributed by atoms with van der Waals surface area (Å²) in [6, 6.07) is 15.0. The Morgan fingerprint density at radius 3 is 2.53 bits per heavy atom. The third-order valence-corrected chi connectivity index (χ3v) is 5.31. The van der Waals surface area contributed by atoms with Gasteiger partial charge in [-0.25, -0.2) is 9.48 Å². The van der Waals surface area contributed by atoms with Gasteiger partial charge in [-0.2, -0.15) is 5.10 Å². The summed E-state index contributed by atoms with van der Waals surface area (Å²) in [6.45, 7) is 2.52. The fourth-order valence-corrected chi connectivity index (χ4v) is 3.76. The fourth-order valence-electron chi connectivity index (χ4n) is 3.76. The first-order valence-corrected chi connectivity index (χ1v) is 10.6. The van der Waals surface area contributed by atoms with Crippen LogP contribution in [0, 0.1) is 6.92 Å². The maximum absolute atomic E-state index is 13.1. The number of aryl methyl sites for hydroxylation is 1. The minimum atomic E-state index is -0.583. The number of hydrogen-bond donors (Lipinski definition) is 2. The number of nitrogens with zero attached hydrogens (tertiary/aromatic N) is 2. The monoisotopic (exact) mass is 434 g/mol. The molecule has 166 valence electrons. The summed E-state index contributed by atoms with van der Waals surface area (Å²) in [5.74, 6) is -0.270. The van der Waals surface area contributed by atoms with Crippen molar-refractivity contribution in [1.29, 1.82) is 0 Å². The average molecular weight is 434 g/mol. The Hall–Kier alpha value is -3.65. The minimum absolute atomic E-state index is 0.160. The highest BCUT2D eigenvalue weighted by Crippen LogP contribution is 2.28. The Labute approximate surface area is 186 Å². The van der Waals surface area contributed by atoms with E-state index in [1.807, 2.05) is 35.9 Å². The van der Waals surface area contributed by atoms with Crippen molar-refractivity contribution >= 4 is 23.4 Å². The number of carbonyl (C=O) groups is 2. The molecule has 1 aliphatic rings. The molecule has 0 bridgehead atoms. The zero-order valence-electron chi connectivity index (χ0n) is 18.2. The van der Waals surface area contributed by atoms with Crippen LogP contribution in [0.4, 0.5) is 16.2 Å². The lowest BCUT2D eigenvalue weighted by molar-refractivity contribution is 0.102. The zero-order valence-corrected chi connectivity index (χ0v) is 18.2. The molecule has 8 nitrogen and oxygen atoms in total.